The van der Waals surface area contributed by atoms with Gasteiger partial charge in [0.2, 0.25) is 0 Å². The fourth-order valence-corrected chi connectivity index (χ4v) is 2.46. The van der Waals surface area contributed by atoms with E-state index in [0.29, 0.717) is 11.3 Å². The van der Waals surface area contributed by atoms with Crippen LogP contribution in [0.15, 0.2) is 47.1 Å². The molecule has 1 unspecified atom stereocenters. The molecule has 80 valence electrons. The van der Waals surface area contributed by atoms with Crippen LogP contribution in [0.4, 0.5) is 0 Å². The van der Waals surface area contributed by atoms with E-state index in [-0.39, 0.29) is 0 Å². The number of hydrogen-bond donors (Lipinski definition) is 0. The molecule has 0 fully saturated rings. The second-order valence-corrected chi connectivity index (χ2v) is 5.74. The van der Waals surface area contributed by atoms with Crippen molar-refractivity contribution in [2.24, 2.45) is 11.3 Å². The predicted molar refractivity (Wildman–Crippen MR) is 66.6 cm³/mol. The van der Waals surface area contributed by atoms with Crippen LogP contribution in [-0.2, 0) is 0 Å². The van der Waals surface area contributed by atoms with Gasteiger partial charge in [-0.1, -0.05) is 56.7 Å². The Morgan fingerprint density at radius 1 is 1.20 bits per heavy atom. The quantitative estimate of drug-likeness (QED) is 0.543. The van der Waals surface area contributed by atoms with Gasteiger partial charge >= 0.3 is 0 Å². The topological polar surface area (TPSA) is 0 Å². The van der Waals surface area contributed by atoms with E-state index in [2.05, 4.69) is 58.1 Å². The Morgan fingerprint density at radius 3 is 2.60 bits per heavy atom. The van der Waals surface area contributed by atoms with Crippen molar-refractivity contribution in [1.29, 1.82) is 0 Å². The van der Waals surface area contributed by atoms with Gasteiger partial charge < -0.3 is 0 Å². The Kier molecular flexibility index (Phi) is 2.46. The first kappa shape index (κ1) is 10.5. The van der Waals surface area contributed by atoms with Crippen molar-refractivity contribution >= 4 is 0 Å². The van der Waals surface area contributed by atoms with Crippen molar-refractivity contribution in [2.45, 2.75) is 34.1 Å². The summed E-state index contributed by atoms with van der Waals surface area (Å²) in [5.41, 5.74) is 4.85. The molecule has 15 heavy (non-hydrogen) atoms. The summed E-state index contributed by atoms with van der Waals surface area (Å²) >= 11 is 0. The molecule has 0 aliphatic heterocycles. The van der Waals surface area contributed by atoms with Crippen molar-refractivity contribution in [3.05, 3.63) is 47.1 Å². The Morgan fingerprint density at radius 2 is 1.93 bits per heavy atom. The lowest BCUT2D eigenvalue weighted by Gasteiger charge is -2.29. The SMILES string of the molecule is CC1=CC2=C(C=CC=CC2C(C)(C)C)C1. The summed E-state index contributed by atoms with van der Waals surface area (Å²) in [5.74, 6) is 0.556. The van der Waals surface area contributed by atoms with Gasteiger partial charge in [0, 0.05) is 5.92 Å². The molecule has 0 aromatic heterocycles. The summed E-state index contributed by atoms with van der Waals surface area (Å²) < 4.78 is 0. The van der Waals surface area contributed by atoms with Gasteiger partial charge in [-0.15, -0.1) is 0 Å². The highest BCUT2D eigenvalue weighted by molar-refractivity contribution is 5.49. The highest BCUT2D eigenvalue weighted by atomic mass is 14.3. The van der Waals surface area contributed by atoms with Gasteiger partial charge in [-0.2, -0.15) is 0 Å². The first-order chi connectivity index (χ1) is 6.98. The molecule has 2 aliphatic carbocycles. The van der Waals surface area contributed by atoms with Crippen LogP contribution in [-0.4, -0.2) is 0 Å². The molecule has 0 amide bonds. The van der Waals surface area contributed by atoms with E-state index in [0.717, 1.165) is 6.42 Å². The van der Waals surface area contributed by atoms with Crippen LogP contribution in [0.2, 0.25) is 0 Å². The summed E-state index contributed by atoms with van der Waals surface area (Å²) in [6, 6.07) is 0. The molecule has 0 heteroatoms. The second kappa shape index (κ2) is 3.52. The van der Waals surface area contributed by atoms with Crippen molar-refractivity contribution < 1.29 is 0 Å². The van der Waals surface area contributed by atoms with Crippen LogP contribution in [0.5, 0.6) is 0 Å². The minimum atomic E-state index is 0.310. The summed E-state index contributed by atoms with van der Waals surface area (Å²) in [5, 5.41) is 0. The van der Waals surface area contributed by atoms with E-state index < -0.39 is 0 Å². The number of allylic oxidation sites excluding steroid dienone is 8. The van der Waals surface area contributed by atoms with Gasteiger partial charge in [-0.25, -0.2) is 0 Å². The predicted octanol–water partition coefficient (Wildman–Crippen LogP) is 4.42. The standard InChI is InChI=1S/C15H20/c1-11-9-12-7-5-6-8-14(13(12)10-11)15(2,3)4/h5-8,10,14H,9H2,1-4H3. The fraction of sp³-hybridized carbons (Fsp3) is 0.467. The summed E-state index contributed by atoms with van der Waals surface area (Å²) in [4.78, 5) is 0. The summed E-state index contributed by atoms with van der Waals surface area (Å²) in [6.45, 7) is 9.18. The molecule has 2 aliphatic rings. The zero-order chi connectivity index (χ0) is 11.1. The minimum Gasteiger partial charge on any atom is -0.0765 e. The molecule has 0 bridgehead atoms. The molecular formula is C15H20. The molecule has 0 N–H and O–H groups in total. The van der Waals surface area contributed by atoms with Gasteiger partial charge in [-0.3, -0.25) is 0 Å². The molecule has 0 radical (unpaired) electrons. The van der Waals surface area contributed by atoms with Gasteiger partial charge in [-0.05, 0) is 29.9 Å². The molecular weight excluding hydrogens is 180 g/mol. The molecule has 0 heterocycles. The molecule has 0 saturated carbocycles. The second-order valence-electron chi connectivity index (χ2n) is 5.74. The third-order valence-electron chi connectivity index (χ3n) is 3.22. The van der Waals surface area contributed by atoms with Crippen LogP contribution in [0, 0.1) is 11.3 Å². The monoisotopic (exact) mass is 200 g/mol. The molecule has 0 spiro atoms. The summed E-state index contributed by atoms with van der Waals surface area (Å²) in [7, 11) is 0. The van der Waals surface area contributed by atoms with Crippen LogP contribution >= 0.6 is 0 Å². The van der Waals surface area contributed by atoms with Crippen LogP contribution in [0.25, 0.3) is 0 Å². The number of rotatable bonds is 0. The third-order valence-corrected chi connectivity index (χ3v) is 3.22. The summed E-state index contributed by atoms with van der Waals surface area (Å²) in [6.07, 6.45) is 12.5. The van der Waals surface area contributed by atoms with E-state index in [9.17, 15) is 0 Å². The lowest BCUT2D eigenvalue weighted by Crippen LogP contribution is -2.19. The van der Waals surface area contributed by atoms with Crippen LogP contribution < -0.4 is 0 Å². The molecule has 0 saturated heterocycles. The third kappa shape index (κ3) is 1.99. The Balaban J connectivity index is 2.43. The first-order valence-corrected chi connectivity index (χ1v) is 5.73. The van der Waals surface area contributed by atoms with E-state index in [1.807, 2.05) is 0 Å². The highest BCUT2D eigenvalue weighted by Gasteiger charge is 2.28. The van der Waals surface area contributed by atoms with E-state index in [1.54, 1.807) is 0 Å². The maximum Gasteiger partial charge on any atom is 0.00725 e. The Labute approximate surface area is 93.1 Å². The average molecular weight is 200 g/mol. The van der Waals surface area contributed by atoms with Crippen LogP contribution in [0.3, 0.4) is 0 Å². The minimum absolute atomic E-state index is 0.310. The molecule has 0 aromatic carbocycles. The van der Waals surface area contributed by atoms with E-state index in [1.165, 1.54) is 16.7 Å². The van der Waals surface area contributed by atoms with Gasteiger partial charge in [0.1, 0.15) is 0 Å². The Hall–Kier alpha value is -1.04. The van der Waals surface area contributed by atoms with Gasteiger partial charge in [0.15, 0.2) is 0 Å². The normalized spacial score (nSPS) is 25.3. The number of hydrogen-bond acceptors (Lipinski definition) is 0. The van der Waals surface area contributed by atoms with Crippen molar-refractivity contribution in [3.8, 4) is 0 Å². The van der Waals surface area contributed by atoms with E-state index >= 15 is 0 Å². The molecule has 0 aromatic rings. The fourth-order valence-electron chi connectivity index (χ4n) is 2.46. The maximum atomic E-state index is 2.38. The van der Waals surface area contributed by atoms with Crippen LogP contribution in [0.1, 0.15) is 34.1 Å². The average Bonchev–Trinajstić information content (AvgIpc) is 2.32. The molecule has 1 atom stereocenters. The maximum absolute atomic E-state index is 2.38. The molecule has 0 nitrogen and oxygen atoms in total. The Bertz CT molecular complexity index is 381. The lowest BCUT2D eigenvalue weighted by molar-refractivity contribution is 0.334. The smallest absolute Gasteiger partial charge is 0.00725 e. The lowest BCUT2D eigenvalue weighted by atomic mass is 9.75. The zero-order valence-corrected chi connectivity index (χ0v) is 10.2. The van der Waals surface area contributed by atoms with Crippen molar-refractivity contribution in [2.75, 3.05) is 0 Å². The van der Waals surface area contributed by atoms with Gasteiger partial charge in [0.05, 0.1) is 0 Å². The van der Waals surface area contributed by atoms with Crippen molar-refractivity contribution in [1.82, 2.24) is 0 Å². The zero-order valence-electron chi connectivity index (χ0n) is 10.2. The first-order valence-electron chi connectivity index (χ1n) is 5.73. The molecule has 2 rings (SSSR count). The van der Waals surface area contributed by atoms with Gasteiger partial charge in [0.25, 0.3) is 0 Å². The largest absolute Gasteiger partial charge is 0.0765 e. The van der Waals surface area contributed by atoms with E-state index in [4.69, 9.17) is 0 Å². The highest BCUT2D eigenvalue weighted by Crippen LogP contribution is 2.41. The van der Waals surface area contributed by atoms with Crippen molar-refractivity contribution in [3.63, 3.8) is 0 Å².